The molecule has 0 amide bonds. The highest BCUT2D eigenvalue weighted by Crippen LogP contribution is 2.32. The van der Waals surface area contributed by atoms with Gasteiger partial charge < -0.3 is 10.2 Å². The first-order chi connectivity index (χ1) is 14.5. The topological polar surface area (TPSA) is 44.3 Å². The first kappa shape index (κ1) is 19.6. The Hall–Kier alpha value is -2.32. The second kappa shape index (κ2) is 8.07. The van der Waals surface area contributed by atoms with Crippen LogP contribution in [0, 0.1) is 11.6 Å². The van der Waals surface area contributed by atoms with Gasteiger partial charge in [0.15, 0.2) is 11.6 Å². The van der Waals surface area contributed by atoms with Crippen molar-refractivity contribution in [1.82, 2.24) is 14.9 Å². The van der Waals surface area contributed by atoms with Crippen molar-refractivity contribution in [3.8, 4) is 0 Å². The minimum Gasteiger partial charge on any atom is -0.364 e. The van der Waals surface area contributed by atoms with Gasteiger partial charge in [-0.2, -0.15) is 0 Å². The first-order valence-electron chi connectivity index (χ1n) is 10.2. The van der Waals surface area contributed by atoms with Crippen LogP contribution < -0.4 is 10.2 Å². The van der Waals surface area contributed by atoms with Crippen LogP contribution in [0.25, 0.3) is 11.0 Å². The van der Waals surface area contributed by atoms with Gasteiger partial charge >= 0.3 is 0 Å². The normalized spacial score (nSPS) is 17.5. The van der Waals surface area contributed by atoms with E-state index in [9.17, 15) is 8.78 Å². The standard InChI is InChI=1S/C22H22BrF2N5/c23-15-2-6-19-20(11-15)28-22(21(27-19)26-17-4-5-17)30-9-7-29(8-10-30)13-14-1-3-16(24)12-18(14)25/h1-3,6,11-12,17H,4-5,7-10,13H2,(H,26,27). The van der Waals surface area contributed by atoms with Crippen LogP contribution in [-0.4, -0.2) is 47.1 Å². The van der Waals surface area contributed by atoms with Crippen LogP contribution in [0.2, 0.25) is 0 Å². The van der Waals surface area contributed by atoms with Crippen molar-refractivity contribution in [2.75, 3.05) is 36.4 Å². The third kappa shape index (κ3) is 4.25. The molecule has 30 heavy (non-hydrogen) atoms. The summed E-state index contributed by atoms with van der Waals surface area (Å²) in [5.74, 6) is 0.683. The van der Waals surface area contributed by atoms with Gasteiger partial charge in [0.1, 0.15) is 11.6 Å². The molecule has 0 unspecified atom stereocenters. The smallest absolute Gasteiger partial charge is 0.172 e. The van der Waals surface area contributed by atoms with Gasteiger partial charge in [0.05, 0.1) is 11.0 Å². The molecule has 2 heterocycles. The summed E-state index contributed by atoms with van der Waals surface area (Å²) in [6.45, 7) is 3.58. The van der Waals surface area contributed by atoms with Gasteiger partial charge in [-0.3, -0.25) is 4.90 Å². The number of piperazine rings is 1. The van der Waals surface area contributed by atoms with Crippen LogP contribution in [0.4, 0.5) is 20.4 Å². The predicted octanol–water partition coefficient (Wildman–Crippen LogP) is 4.57. The molecule has 0 radical (unpaired) electrons. The summed E-state index contributed by atoms with van der Waals surface area (Å²) in [7, 11) is 0. The van der Waals surface area contributed by atoms with E-state index in [-0.39, 0.29) is 0 Å². The number of benzene rings is 2. The fourth-order valence-corrected chi connectivity index (χ4v) is 4.11. The number of fused-ring (bicyclic) bond motifs is 1. The number of nitrogens with one attached hydrogen (secondary N) is 1. The van der Waals surface area contributed by atoms with E-state index in [4.69, 9.17) is 9.97 Å². The summed E-state index contributed by atoms with van der Waals surface area (Å²) in [5, 5.41) is 3.53. The highest BCUT2D eigenvalue weighted by atomic mass is 79.9. The SMILES string of the molecule is Fc1ccc(CN2CCN(c3nc4cc(Br)ccc4nc3NC3CC3)CC2)c(F)c1. The van der Waals surface area contributed by atoms with Gasteiger partial charge in [-0.05, 0) is 37.1 Å². The Morgan fingerprint density at radius 1 is 0.967 bits per heavy atom. The zero-order chi connectivity index (χ0) is 20.7. The fraction of sp³-hybridized carbons (Fsp3) is 0.364. The Balaban J connectivity index is 1.34. The van der Waals surface area contributed by atoms with Gasteiger partial charge in [0.25, 0.3) is 0 Å². The highest BCUT2D eigenvalue weighted by molar-refractivity contribution is 9.10. The van der Waals surface area contributed by atoms with E-state index >= 15 is 0 Å². The maximum Gasteiger partial charge on any atom is 0.172 e. The van der Waals surface area contributed by atoms with Gasteiger partial charge in [-0.25, -0.2) is 18.7 Å². The molecule has 0 atom stereocenters. The highest BCUT2D eigenvalue weighted by Gasteiger charge is 2.27. The van der Waals surface area contributed by atoms with E-state index < -0.39 is 11.6 Å². The number of aromatic nitrogens is 2. The molecule has 1 aromatic heterocycles. The predicted molar refractivity (Wildman–Crippen MR) is 118 cm³/mol. The van der Waals surface area contributed by atoms with E-state index in [0.29, 0.717) is 18.2 Å². The van der Waals surface area contributed by atoms with E-state index in [1.165, 1.54) is 12.1 Å². The van der Waals surface area contributed by atoms with Gasteiger partial charge in [0.2, 0.25) is 0 Å². The molecule has 1 N–H and O–H groups in total. The Morgan fingerprint density at radius 3 is 2.50 bits per heavy atom. The summed E-state index contributed by atoms with van der Waals surface area (Å²) in [5.41, 5.74) is 2.25. The Morgan fingerprint density at radius 2 is 1.77 bits per heavy atom. The monoisotopic (exact) mass is 473 g/mol. The van der Waals surface area contributed by atoms with Crippen LogP contribution in [0.15, 0.2) is 40.9 Å². The second-order valence-corrected chi connectivity index (χ2v) is 8.86. The molecule has 8 heteroatoms. The first-order valence-corrected chi connectivity index (χ1v) is 11.0. The minimum absolute atomic E-state index is 0.476. The molecule has 3 aromatic rings. The molecule has 1 aliphatic heterocycles. The molecule has 2 aliphatic rings. The number of halogens is 3. The summed E-state index contributed by atoms with van der Waals surface area (Å²) in [6.07, 6.45) is 2.33. The summed E-state index contributed by atoms with van der Waals surface area (Å²) >= 11 is 3.51. The maximum absolute atomic E-state index is 14.0. The van der Waals surface area contributed by atoms with Crippen molar-refractivity contribution >= 4 is 38.6 Å². The van der Waals surface area contributed by atoms with Crippen LogP contribution in [0.5, 0.6) is 0 Å². The molecule has 0 spiro atoms. The molecule has 1 saturated heterocycles. The Bertz CT molecular complexity index is 1080. The zero-order valence-corrected chi connectivity index (χ0v) is 18.0. The summed E-state index contributed by atoms with van der Waals surface area (Å²) in [4.78, 5) is 14.2. The molecule has 5 rings (SSSR count). The third-order valence-electron chi connectivity index (χ3n) is 5.61. The summed E-state index contributed by atoms with van der Waals surface area (Å²) < 4.78 is 28.1. The van der Waals surface area contributed by atoms with Crippen molar-refractivity contribution in [3.05, 3.63) is 58.1 Å². The molecular weight excluding hydrogens is 452 g/mol. The zero-order valence-electron chi connectivity index (χ0n) is 16.4. The van der Waals surface area contributed by atoms with Crippen LogP contribution >= 0.6 is 15.9 Å². The summed E-state index contributed by atoms with van der Waals surface area (Å²) in [6, 6.07) is 10.2. The molecular formula is C22H22BrF2N5. The molecule has 2 aromatic carbocycles. The lowest BCUT2D eigenvalue weighted by molar-refractivity contribution is 0.246. The van der Waals surface area contributed by atoms with Gasteiger partial charge in [-0.15, -0.1) is 0 Å². The van der Waals surface area contributed by atoms with Crippen molar-refractivity contribution < 1.29 is 8.78 Å². The van der Waals surface area contributed by atoms with Gasteiger partial charge in [0, 0.05) is 54.9 Å². The number of anilines is 2. The minimum atomic E-state index is -0.543. The van der Waals surface area contributed by atoms with E-state index in [2.05, 4.69) is 31.0 Å². The second-order valence-electron chi connectivity index (χ2n) is 7.95. The fourth-order valence-electron chi connectivity index (χ4n) is 3.77. The van der Waals surface area contributed by atoms with E-state index in [1.807, 2.05) is 18.2 Å². The molecule has 1 saturated carbocycles. The third-order valence-corrected chi connectivity index (χ3v) is 6.10. The van der Waals surface area contributed by atoms with Crippen molar-refractivity contribution in [2.45, 2.75) is 25.4 Å². The molecule has 5 nitrogen and oxygen atoms in total. The molecule has 156 valence electrons. The Labute approximate surface area is 182 Å². The lowest BCUT2D eigenvalue weighted by Crippen LogP contribution is -2.46. The lowest BCUT2D eigenvalue weighted by Gasteiger charge is -2.36. The number of hydrogen-bond donors (Lipinski definition) is 1. The van der Waals surface area contributed by atoms with Crippen LogP contribution in [0.3, 0.4) is 0 Å². The lowest BCUT2D eigenvalue weighted by atomic mass is 10.1. The Kier molecular flexibility index (Phi) is 5.28. The largest absolute Gasteiger partial charge is 0.364 e. The van der Waals surface area contributed by atoms with Crippen LogP contribution in [0.1, 0.15) is 18.4 Å². The average molecular weight is 474 g/mol. The molecule has 1 aliphatic carbocycles. The molecule has 0 bridgehead atoms. The number of nitrogens with zero attached hydrogens (tertiary/aromatic N) is 4. The number of hydrogen-bond acceptors (Lipinski definition) is 5. The number of rotatable bonds is 5. The van der Waals surface area contributed by atoms with Crippen molar-refractivity contribution in [1.29, 1.82) is 0 Å². The van der Waals surface area contributed by atoms with Crippen molar-refractivity contribution in [2.24, 2.45) is 0 Å². The van der Waals surface area contributed by atoms with Crippen molar-refractivity contribution in [3.63, 3.8) is 0 Å². The molecule has 2 fully saturated rings. The quantitative estimate of drug-likeness (QED) is 0.587. The van der Waals surface area contributed by atoms with E-state index in [1.54, 1.807) is 0 Å². The average Bonchev–Trinajstić information content (AvgIpc) is 3.54. The maximum atomic E-state index is 14.0. The van der Waals surface area contributed by atoms with Crippen LogP contribution in [-0.2, 0) is 6.54 Å². The van der Waals surface area contributed by atoms with Gasteiger partial charge in [-0.1, -0.05) is 22.0 Å². The van der Waals surface area contributed by atoms with E-state index in [0.717, 1.165) is 72.2 Å².